The van der Waals surface area contributed by atoms with Crippen LogP contribution in [0.5, 0.6) is 0 Å². The summed E-state index contributed by atoms with van der Waals surface area (Å²) in [7, 11) is 2.44. The summed E-state index contributed by atoms with van der Waals surface area (Å²) >= 11 is 0. The third kappa shape index (κ3) is 4.02. The monoisotopic (exact) mass is 349 g/mol. The molecule has 0 aliphatic heterocycles. The Morgan fingerprint density at radius 3 is 2.31 bits per heavy atom. The normalized spacial score (nSPS) is 10.1. The molecule has 1 aromatic heterocycles. The maximum absolute atomic E-state index is 12.3. The first-order chi connectivity index (χ1) is 12.6. The number of para-hydroxylation sites is 1. The Bertz CT molecular complexity index is 925. The van der Waals surface area contributed by atoms with Gasteiger partial charge in [-0.3, -0.25) is 9.59 Å². The number of esters is 2. The molecule has 0 N–H and O–H groups in total. The van der Waals surface area contributed by atoms with Gasteiger partial charge in [-0.25, -0.2) is 4.98 Å². The summed E-state index contributed by atoms with van der Waals surface area (Å²) in [6.07, 6.45) is -0.0990. The van der Waals surface area contributed by atoms with Gasteiger partial charge < -0.3 is 9.47 Å². The largest absolute Gasteiger partial charge is 0.468 e. The van der Waals surface area contributed by atoms with E-state index in [1.807, 2.05) is 30.3 Å². The fraction of sp³-hybridized carbons (Fsp3) is 0.286. The summed E-state index contributed by atoms with van der Waals surface area (Å²) in [5, 5.41) is 1.01. The highest BCUT2D eigenvalue weighted by Crippen LogP contribution is 2.29. The number of hydrogen-bond donors (Lipinski definition) is 0. The van der Waals surface area contributed by atoms with Gasteiger partial charge in [-0.05, 0) is 25.0 Å². The Balaban J connectivity index is 2.35. The van der Waals surface area contributed by atoms with E-state index >= 15 is 0 Å². The second-order valence-electron chi connectivity index (χ2n) is 5.54. The molecule has 0 unspecified atom stereocenters. The molecule has 0 fully saturated rings. The first-order valence-electron chi connectivity index (χ1n) is 7.98. The lowest BCUT2D eigenvalue weighted by atomic mass is 9.81. The summed E-state index contributed by atoms with van der Waals surface area (Å²) in [5.74, 6) is 9.78. The molecule has 1 aromatic carbocycles. The highest BCUT2D eigenvalue weighted by Gasteiger charge is 2.47. The van der Waals surface area contributed by atoms with Gasteiger partial charge in [-0.2, -0.15) is 0 Å². The second-order valence-corrected chi connectivity index (χ2v) is 5.54. The van der Waals surface area contributed by atoms with E-state index in [1.165, 1.54) is 14.2 Å². The van der Waals surface area contributed by atoms with Crippen molar-refractivity contribution in [2.45, 2.75) is 19.8 Å². The second kappa shape index (κ2) is 8.69. The van der Waals surface area contributed by atoms with E-state index in [4.69, 9.17) is 9.47 Å². The Morgan fingerprint density at radius 1 is 1.00 bits per heavy atom. The molecule has 0 amide bonds. The van der Waals surface area contributed by atoms with Crippen molar-refractivity contribution in [3.63, 3.8) is 0 Å². The van der Waals surface area contributed by atoms with Crippen molar-refractivity contribution in [3.8, 4) is 23.7 Å². The van der Waals surface area contributed by atoms with Crippen LogP contribution in [0.1, 0.15) is 25.5 Å². The average Bonchev–Trinajstić information content (AvgIpc) is 2.69. The molecular formula is C21H19NO4. The predicted octanol–water partition coefficient (Wildman–Crippen LogP) is 2.72. The number of fused-ring (bicyclic) bond motifs is 1. The minimum Gasteiger partial charge on any atom is -0.468 e. The van der Waals surface area contributed by atoms with Crippen molar-refractivity contribution in [1.29, 1.82) is 0 Å². The summed E-state index contributed by atoms with van der Waals surface area (Å²) in [6.45, 7) is 1.63. The number of ether oxygens (including phenoxy) is 2. The third-order valence-corrected chi connectivity index (χ3v) is 3.92. The van der Waals surface area contributed by atoms with Gasteiger partial charge in [0.15, 0.2) is 5.41 Å². The van der Waals surface area contributed by atoms with Crippen LogP contribution in [0.3, 0.4) is 0 Å². The number of nitrogens with zero attached hydrogens (tertiary/aromatic N) is 1. The van der Waals surface area contributed by atoms with Gasteiger partial charge in [-0.15, -0.1) is 11.8 Å². The molecule has 5 heteroatoms. The van der Waals surface area contributed by atoms with Crippen LogP contribution in [0.4, 0.5) is 0 Å². The first-order valence-corrected chi connectivity index (χ1v) is 7.98. The topological polar surface area (TPSA) is 65.5 Å². The van der Waals surface area contributed by atoms with Crippen LogP contribution in [0.15, 0.2) is 36.4 Å². The zero-order chi connectivity index (χ0) is 19.0. The number of aromatic nitrogens is 1. The number of carbonyl (C=O) groups is 2. The molecule has 0 aliphatic rings. The van der Waals surface area contributed by atoms with Gasteiger partial charge in [0, 0.05) is 18.2 Å². The first kappa shape index (κ1) is 19.0. The van der Waals surface area contributed by atoms with Crippen molar-refractivity contribution >= 4 is 22.8 Å². The lowest BCUT2D eigenvalue weighted by Gasteiger charge is -2.23. The van der Waals surface area contributed by atoms with E-state index < -0.39 is 17.4 Å². The lowest BCUT2D eigenvalue weighted by molar-refractivity contribution is -0.168. The molecule has 0 spiro atoms. The molecule has 26 heavy (non-hydrogen) atoms. The summed E-state index contributed by atoms with van der Waals surface area (Å²) < 4.78 is 9.61. The van der Waals surface area contributed by atoms with Gasteiger partial charge in [0.05, 0.1) is 19.7 Å². The van der Waals surface area contributed by atoms with Crippen LogP contribution in [-0.2, 0) is 19.1 Å². The highest BCUT2D eigenvalue weighted by atomic mass is 16.5. The molecular weight excluding hydrogens is 330 g/mol. The Morgan fingerprint density at radius 2 is 1.65 bits per heavy atom. The maximum Gasteiger partial charge on any atom is 0.325 e. The minimum atomic E-state index is -1.57. The van der Waals surface area contributed by atoms with E-state index in [9.17, 15) is 9.59 Å². The van der Waals surface area contributed by atoms with Crippen molar-refractivity contribution < 1.29 is 19.1 Å². The van der Waals surface area contributed by atoms with Gasteiger partial charge in [0.1, 0.15) is 5.69 Å². The van der Waals surface area contributed by atoms with Crippen LogP contribution >= 0.6 is 0 Å². The number of carbonyl (C=O) groups excluding carboxylic acids is 2. The van der Waals surface area contributed by atoms with Crippen LogP contribution in [0.2, 0.25) is 0 Å². The van der Waals surface area contributed by atoms with Crippen molar-refractivity contribution in [1.82, 2.24) is 4.98 Å². The van der Waals surface area contributed by atoms with Crippen LogP contribution in [0.25, 0.3) is 10.9 Å². The van der Waals surface area contributed by atoms with Crippen LogP contribution in [-0.4, -0.2) is 31.1 Å². The molecule has 1 heterocycles. The molecule has 5 nitrogen and oxygen atoms in total. The predicted molar refractivity (Wildman–Crippen MR) is 97.8 cm³/mol. The average molecular weight is 349 g/mol. The van der Waals surface area contributed by atoms with Crippen LogP contribution in [0, 0.1) is 29.1 Å². The van der Waals surface area contributed by atoms with Crippen molar-refractivity contribution in [2.24, 2.45) is 5.41 Å². The Labute approximate surface area is 152 Å². The lowest BCUT2D eigenvalue weighted by Crippen LogP contribution is -2.40. The van der Waals surface area contributed by atoms with Crippen molar-refractivity contribution in [2.75, 3.05) is 14.2 Å². The van der Waals surface area contributed by atoms with E-state index in [2.05, 4.69) is 28.7 Å². The molecule has 0 bridgehead atoms. The van der Waals surface area contributed by atoms with Crippen molar-refractivity contribution in [3.05, 3.63) is 42.1 Å². The number of methoxy groups -OCH3 is 2. The molecule has 0 radical (unpaired) electrons. The number of rotatable bonds is 4. The highest BCUT2D eigenvalue weighted by molar-refractivity contribution is 6.00. The van der Waals surface area contributed by atoms with Crippen LogP contribution < -0.4 is 0 Å². The minimum absolute atomic E-state index is 0.0251. The number of hydrogen-bond acceptors (Lipinski definition) is 5. The third-order valence-electron chi connectivity index (χ3n) is 3.92. The van der Waals surface area contributed by atoms with E-state index in [0.717, 1.165) is 10.9 Å². The summed E-state index contributed by atoms with van der Waals surface area (Å²) in [4.78, 5) is 29.0. The smallest absolute Gasteiger partial charge is 0.325 e. The maximum atomic E-state index is 12.3. The van der Waals surface area contributed by atoms with Gasteiger partial charge in [-0.1, -0.05) is 30.2 Å². The molecule has 2 rings (SSSR count). The van der Waals surface area contributed by atoms with E-state index in [0.29, 0.717) is 5.69 Å². The SMILES string of the molecule is CC#CCC(CC#Cc1ccc2ccccc2n1)(C(=O)OC)C(=O)OC. The summed E-state index contributed by atoms with van der Waals surface area (Å²) in [5.41, 5.74) is -0.201. The molecule has 2 aromatic rings. The van der Waals surface area contributed by atoms with Gasteiger partial charge in [0.25, 0.3) is 0 Å². The molecule has 0 saturated carbocycles. The summed E-state index contributed by atoms with van der Waals surface area (Å²) in [6, 6.07) is 11.4. The molecule has 0 aliphatic carbocycles. The van der Waals surface area contributed by atoms with E-state index in [1.54, 1.807) is 13.0 Å². The number of pyridine rings is 1. The van der Waals surface area contributed by atoms with E-state index in [-0.39, 0.29) is 12.8 Å². The van der Waals surface area contributed by atoms with Gasteiger partial charge in [0.2, 0.25) is 0 Å². The zero-order valence-electron chi connectivity index (χ0n) is 15.0. The Hall–Kier alpha value is -3.31. The zero-order valence-corrected chi connectivity index (χ0v) is 15.0. The molecule has 0 atom stereocenters. The Kier molecular flexibility index (Phi) is 6.36. The van der Waals surface area contributed by atoms with Gasteiger partial charge >= 0.3 is 11.9 Å². The fourth-order valence-corrected chi connectivity index (χ4v) is 2.49. The standard InChI is InChI=1S/C21H19NO4/c1-4-5-14-21(19(23)25-2,20(24)26-3)15-8-10-17-13-12-16-9-6-7-11-18(16)22-17/h6-7,9,11-13H,14-15H2,1-3H3. The molecule has 0 saturated heterocycles. The fourth-order valence-electron chi connectivity index (χ4n) is 2.49. The molecule has 132 valence electrons. The quantitative estimate of drug-likeness (QED) is 0.482. The number of benzene rings is 1.